The molecule has 2 aromatic rings. The Kier molecular flexibility index (Phi) is 2.59. The van der Waals surface area contributed by atoms with Crippen LogP contribution < -0.4 is 0 Å². The van der Waals surface area contributed by atoms with Crippen molar-refractivity contribution in [2.24, 2.45) is 0 Å². The zero-order chi connectivity index (χ0) is 12.5. The highest BCUT2D eigenvalue weighted by atomic mass is 19.1. The second-order valence-corrected chi connectivity index (χ2v) is 4.34. The Hall–Kier alpha value is -2.16. The van der Waals surface area contributed by atoms with E-state index in [1.165, 1.54) is 12.1 Å². The van der Waals surface area contributed by atoms with Gasteiger partial charge < -0.3 is 4.42 Å². The summed E-state index contributed by atoms with van der Waals surface area (Å²) in [5.41, 5.74) is 3.20. The van der Waals surface area contributed by atoms with E-state index in [2.05, 4.69) is 0 Å². The molecule has 0 amide bonds. The van der Waals surface area contributed by atoms with Gasteiger partial charge in [-0.25, -0.2) is 4.39 Å². The summed E-state index contributed by atoms with van der Waals surface area (Å²) >= 11 is 0. The summed E-state index contributed by atoms with van der Waals surface area (Å²) in [5, 5.41) is 0. The molecule has 0 unspecified atom stereocenters. The van der Waals surface area contributed by atoms with Crippen LogP contribution >= 0.6 is 0 Å². The van der Waals surface area contributed by atoms with E-state index in [1.807, 2.05) is 0 Å². The number of halogens is 1. The number of allylic oxidation sites excluding steroid dienone is 1. The van der Waals surface area contributed by atoms with Gasteiger partial charge in [0.05, 0.1) is 12.5 Å². The number of carbonyl (C=O) groups excluding carboxylic acids is 1. The van der Waals surface area contributed by atoms with E-state index in [4.69, 9.17) is 4.42 Å². The van der Waals surface area contributed by atoms with Gasteiger partial charge in [0.25, 0.3) is 0 Å². The molecule has 1 aliphatic rings. The summed E-state index contributed by atoms with van der Waals surface area (Å²) in [5.74, 6) is -0.166. The average Bonchev–Trinajstić information content (AvgIpc) is 2.86. The van der Waals surface area contributed by atoms with Gasteiger partial charge in [0.1, 0.15) is 5.82 Å². The van der Waals surface area contributed by atoms with Crippen molar-refractivity contribution >= 4 is 17.4 Å². The number of Topliss-reactive ketones (excluding diaryl/α,β-unsaturated/α-hetero) is 1. The van der Waals surface area contributed by atoms with Crippen molar-refractivity contribution in [1.29, 1.82) is 0 Å². The van der Waals surface area contributed by atoms with Crippen molar-refractivity contribution in [2.45, 2.75) is 12.8 Å². The average molecular weight is 242 g/mol. The molecule has 0 aliphatic heterocycles. The number of hydrogen-bond donors (Lipinski definition) is 0. The number of benzene rings is 1. The van der Waals surface area contributed by atoms with Crippen LogP contribution in [0.2, 0.25) is 0 Å². The SMILES string of the molecule is O=C1CCc2cc(F)ccc2C1=Cc1ccoc1. The van der Waals surface area contributed by atoms with Crippen LogP contribution in [0.15, 0.2) is 41.2 Å². The van der Waals surface area contributed by atoms with Gasteiger partial charge >= 0.3 is 0 Å². The molecular formula is C15H11FO2. The molecule has 1 aromatic carbocycles. The highest BCUT2D eigenvalue weighted by Gasteiger charge is 2.21. The second kappa shape index (κ2) is 4.26. The monoisotopic (exact) mass is 242 g/mol. The maximum Gasteiger partial charge on any atom is 0.163 e. The maximum atomic E-state index is 13.2. The number of furan rings is 1. The Morgan fingerprint density at radius 2 is 2.11 bits per heavy atom. The third kappa shape index (κ3) is 1.88. The number of fused-ring (bicyclic) bond motifs is 1. The molecule has 0 radical (unpaired) electrons. The third-order valence-corrected chi connectivity index (χ3v) is 3.13. The number of rotatable bonds is 1. The topological polar surface area (TPSA) is 30.2 Å². The normalized spacial score (nSPS) is 16.9. The van der Waals surface area contributed by atoms with E-state index in [9.17, 15) is 9.18 Å². The zero-order valence-electron chi connectivity index (χ0n) is 9.65. The minimum atomic E-state index is -0.259. The first kappa shape index (κ1) is 11.0. The molecule has 0 atom stereocenters. The molecule has 3 rings (SSSR count). The number of hydrogen-bond acceptors (Lipinski definition) is 2. The molecule has 0 saturated carbocycles. The second-order valence-electron chi connectivity index (χ2n) is 4.34. The fraction of sp³-hybridized carbons (Fsp3) is 0.133. The van der Waals surface area contributed by atoms with Crippen LogP contribution in [0, 0.1) is 5.82 Å². The van der Waals surface area contributed by atoms with Gasteiger partial charge in [-0.2, -0.15) is 0 Å². The lowest BCUT2D eigenvalue weighted by Gasteiger charge is -2.17. The zero-order valence-corrected chi connectivity index (χ0v) is 9.65. The number of carbonyl (C=O) groups is 1. The quantitative estimate of drug-likeness (QED) is 0.717. The molecule has 1 aliphatic carbocycles. The Balaban J connectivity index is 2.13. The molecule has 3 heteroatoms. The van der Waals surface area contributed by atoms with E-state index in [0.717, 1.165) is 16.7 Å². The van der Waals surface area contributed by atoms with E-state index in [0.29, 0.717) is 18.4 Å². The van der Waals surface area contributed by atoms with E-state index < -0.39 is 0 Å². The molecule has 0 fully saturated rings. The van der Waals surface area contributed by atoms with Gasteiger partial charge in [-0.15, -0.1) is 0 Å². The van der Waals surface area contributed by atoms with Crippen LogP contribution in [0.3, 0.4) is 0 Å². The first-order valence-electron chi connectivity index (χ1n) is 5.80. The van der Waals surface area contributed by atoms with Crippen molar-refractivity contribution in [2.75, 3.05) is 0 Å². The summed E-state index contributed by atoms with van der Waals surface area (Å²) in [6, 6.07) is 6.36. The standard InChI is InChI=1S/C15H11FO2/c16-12-2-3-13-11(8-12)1-4-15(17)14(13)7-10-5-6-18-9-10/h2-3,5-9H,1,4H2. The molecule has 0 N–H and O–H groups in total. The Morgan fingerprint density at radius 3 is 2.89 bits per heavy atom. The Labute approximate surface area is 104 Å². The summed E-state index contributed by atoms with van der Waals surface area (Å²) in [4.78, 5) is 12.0. The summed E-state index contributed by atoms with van der Waals surface area (Å²) in [6.07, 6.45) is 5.97. The van der Waals surface area contributed by atoms with Gasteiger partial charge in [-0.3, -0.25) is 4.79 Å². The molecule has 90 valence electrons. The van der Waals surface area contributed by atoms with Gasteiger partial charge in [-0.05, 0) is 41.8 Å². The van der Waals surface area contributed by atoms with Crippen LogP contribution in [0.1, 0.15) is 23.1 Å². The smallest absolute Gasteiger partial charge is 0.163 e. The lowest BCUT2D eigenvalue weighted by atomic mass is 9.85. The van der Waals surface area contributed by atoms with Crippen LogP contribution in [0.4, 0.5) is 4.39 Å². The van der Waals surface area contributed by atoms with Crippen molar-refractivity contribution in [3.05, 3.63) is 59.3 Å². The predicted molar refractivity (Wildman–Crippen MR) is 66.3 cm³/mol. The van der Waals surface area contributed by atoms with Crippen LogP contribution in [0.25, 0.3) is 11.6 Å². The van der Waals surface area contributed by atoms with Gasteiger partial charge in [-0.1, -0.05) is 6.07 Å². The van der Waals surface area contributed by atoms with Crippen molar-refractivity contribution < 1.29 is 13.6 Å². The molecule has 0 bridgehead atoms. The van der Waals surface area contributed by atoms with E-state index in [-0.39, 0.29) is 11.6 Å². The molecule has 1 heterocycles. The number of aryl methyl sites for hydroxylation is 1. The fourth-order valence-electron chi connectivity index (χ4n) is 2.25. The Bertz CT molecular complexity index is 624. The first-order chi connectivity index (χ1) is 8.74. The molecule has 0 spiro atoms. The molecular weight excluding hydrogens is 231 g/mol. The van der Waals surface area contributed by atoms with Gasteiger partial charge in [0.15, 0.2) is 5.78 Å². The highest BCUT2D eigenvalue weighted by Crippen LogP contribution is 2.30. The van der Waals surface area contributed by atoms with Crippen molar-refractivity contribution in [3.8, 4) is 0 Å². The summed E-state index contributed by atoms with van der Waals surface area (Å²) in [7, 11) is 0. The lowest BCUT2D eigenvalue weighted by molar-refractivity contribution is -0.113. The fourth-order valence-corrected chi connectivity index (χ4v) is 2.25. The summed E-state index contributed by atoms with van der Waals surface area (Å²) < 4.78 is 18.2. The largest absolute Gasteiger partial charge is 0.472 e. The minimum Gasteiger partial charge on any atom is -0.472 e. The number of ketones is 1. The van der Waals surface area contributed by atoms with Crippen LogP contribution in [-0.4, -0.2) is 5.78 Å². The molecule has 18 heavy (non-hydrogen) atoms. The summed E-state index contributed by atoms with van der Waals surface area (Å²) in [6.45, 7) is 0. The highest BCUT2D eigenvalue weighted by molar-refractivity contribution is 6.26. The molecule has 0 saturated heterocycles. The van der Waals surface area contributed by atoms with Crippen molar-refractivity contribution in [1.82, 2.24) is 0 Å². The van der Waals surface area contributed by atoms with E-state index in [1.54, 1.807) is 30.7 Å². The maximum absolute atomic E-state index is 13.2. The van der Waals surface area contributed by atoms with E-state index >= 15 is 0 Å². The van der Waals surface area contributed by atoms with Gasteiger partial charge in [0.2, 0.25) is 0 Å². The third-order valence-electron chi connectivity index (χ3n) is 3.13. The minimum absolute atomic E-state index is 0.0929. The first-order valence-corrected chi connectivity index (χ1v) is 5.80. The van der Waals surface area contributed by atoms with Crippen LogP contribution in [-0.2, 0) is 11.2 Å². The lowest BCUT2D eigenvalue weighted by Crippen LogP contribution is -2.12. The van der Waals surface area contributed by atoms with Gasteiger partial charge in [0, 0.05) is 17.6 Å². The van der Waals surface area contributed by atoms with Crippen molar-refractivity contribution in [3.63, 3.8) is 0 Å². The van der Waals surface area contributed by atoms with Crippen LogP contribution in [0.5, 0.6) is 0 Å². The molecule has 1 aromatic heterocycles. The predicted octanol–water partition coefficient (Wildman–Crippen LogP) is 3.47. The Morgan fingerprint density at radius 1 is 1.22 bits per heavy atom. The molecule has 2 nitrogen and oxygen atoms in total.